The second-order valence-corrected chi connectivity index (χ2v) is 7.19. The van der Waals surface area contributed by atoms with E-state index in [1.54, 1.807) is 0 Å². The number of hydrogen-bond acceptors (Lipinski definition) is 3. The van der Waals surface area contributed by atoms with Crippen molar-refractivity contribution < 1.29 is 5.11 Å². The predicted molar refractivity (Wildman–Crippen MR) is 91.0 cm³/mol. The molecule has 1 saturated heterocycles. The Balaban J connectivity index is 1.37. The lowest BCUT2D eigenvalue weighted by Gasteiger charge is -2.33. The maximum atomic E-state index is 10.6. The van der Waals surface area contributed by atoms with Crippen LogP contribution in [-0.4, -0.2) is 47.8 Å². The van der Waals surface area contributed by atoms with Crippen molar-refractivity contribution in [2.45, 2.75) is 56.6 Å². The molecule has 3 nitrogen and oxygen atoms in total. The van der Waals surface area contributed by atoms with Crippen LogP contribution in [0.15, 0.2) is 30.3 Å². The first kappa shape index (κ1) is 16.0. The van der Waals surface area contributed by atoms with E-state index < -0.39 is 5.60 Å². The highest BCUT2D eigenvalue weighted by Gasteiger charge is 2.31. The van der Waals surface area contributed by atoms with Crippen molar-refractivity contribution in [3.05, 3.63) is 35.9 Å². The zero-order chi connectivity index (χ0) is 15.3. The monoisotopic (exact) mass is 302 g/mol. The lowest BCUT2D eigenvalue weighted by molar-refractivity contribution is 0.00287. The molecular formula is C19H30N2O. The molecule has 1 heterocycles. The molecule has 0 bridgehead atoms. The third-order valence-electron chi connectivity index (χ3n) is 5.34. The molecule has 0 aromatic heterocycles. The first-order chi connectivity index (χ1) is 10.7. The molecule has 122 valence electrons. The topological polar surface area (TPSA) is 35.5 Å². The van der Waals surface area contributed by atoms with Crippen LogP contribution in [-0.2, 0) is 6.42 Å². The summed E-state index contributed by atoms with van der Waals surface area (Å²) in [5.41, 5.74) is 0.992. The minimum atomic E-state index is -0.435. The maximum absolute atomic E-state index is 10.6. The van der Waals surface area contributed by atoms with Gasteiger partial charge in [0.1, 0.15) is 0 Å². The minimum absolute atomic E-state index is 0.435. The van der Waals surface area contributed by atoms with Crippen molar-refractivity contribution in [1.82, 2.24) is 10.2 Å². The molecule has 1 atom stereocenters. The largest absolute Gasteiger partial charge is 0.389 e. The van der Waals surface area contributed by atoms with Gasteiger partial charge < -0.3 is 15.3 Å². The zero-order valence-electron chi connectivity index (χ0n) is 13.6. The van der Waals surface area contributed by atoms with E-state index in [9.17, 15) is 5.11 Å². The molecule has 2 N–H and O–H groups in total. The fourth-order valence-corrected chi connectivity index (χ4v) is 3.86. The molecule has 0 spiro atoms. The fraction of sp³-hybridized carbons (Fsp3) is 0.684. The number of rotatable bonds is 6. The number of benzene rings is 1. The summed E-state index contributed by atoms with van der Waals surface area (Å²) in [5, 5.41) is 14.2. The normalized spacial score (nSPS) is 25.4. The Morgan fingerprint density at radius 3 is 2.68 bits per heavy atom. The molecule has 3 rings (SSSR count). The van der Waals surface area contributed by atoms with E-state index in [4.69, 9.17) is 0 Å². The molecule has 1 aromatic rings. The van der Waals surface area contributed by atoms with Crippen molar-refractivity contribution in [2.24, 2.45) is 0 Å². The van der Waals surface area contributed by atoms with Gasteiger partial charge in [0, 0.05) is 25.7 Å². The predicted octanol–water partition coefficient (Wildman–Crippen LogP) is 2.59. The summed E-state index contributed by atoms with van der Waals surface area (Å²) in [5.74, 6) is 0. The van der Waals surface area contributed by atoms with Crippen LogP contribution in [0.3, 0.4) is 0 Å². The molecule has 0 radical (unpaired) electrons. The van der Waals surface area contributed by atoms with Gasteiger partial charge in [-0.15, -0.1) is 0 Å². The first-order valence-electron chi connectivity index (χ1n) is 8.96. The van der Waals surface area contributed by atoms with Crippen LogP contribution >= 0.6 is 0 Å². The quantitative estimate of drug-likeness (QED) is 0.848. The Morgan fingerprint density at radius 2 is 1.91 bits per heavy atom. The highest BCUT2D eigenvalue weighted by atomic mass is 16.3. The van der Waals surface area contributed by atoms with Crippen molar-refractivity contribution in [2.75, 3.05) is 26.2 Å². The molecule has 2 aliphatic rings. The van der Waals surface area contributed by atoms with Gasteiger partial charge in [0.15, 0.2) is 0 Å². The van der Waals surface area contributed by atoms with Crippen molar-refractivity contribution in [3.63, 3.8) is 0 Å². The van der Waals surface area contributed by atoms with Crippen LogP contribution in [0.25, 0.3) is 0 Å². The van der Waals surface area contributed by atoms with Gasteiger partial charge in [0.2, 0.25) is 0 Å². The van der Waals surface area contributed by atoms with Crippen LogP contribution in [0.2, 0.25) is 0 Å². The number of nitrogens with zero attached hydrogens (tertiary/aromatic N) is 1. The Kier molecular flexibility index (Phi) is 5.51. The average Bonchev–Trinajstić information content (AvgIpc) is 3.01. The maximum Gasteiger partial charge on any atom is 0.0771 e. The van der Waals surface area contributed by atoms with E-state index in [0.29, 0.717) is 6.04 Å². The van der Waals surface area contributed by atoms with Gasteiger partial charge in [-0.3, -0.25) is 0 Å². The second-order valence-electron chi connectivity index (χ2n) is 7.19. The fourth-order valence-electron chi connectivity index (χ4n) is 3.86. The Morgan fingerprint density at radius 1 is 1.14 bits per heavy atom. The summed E-state index contributed by atoms with van der Waals surface area (Å²) >= 11 is 0. The highest BCUT2D eigenvalue weighted by molar-refractivity contribution is 5.14. The van der Waals surface area contributed by atoms with E-state index in [0.717, 1.165) is 38.9 Å². The number of aliphatic hydroxyl groups is 1. The molecule has 1 unspecified atom stereocenters. The van der Waals surface area contributed by atoms with E-state index in [1.807, 2.05) is 0 Å². The van der Waals surface area contributed by atoms with Crippen LogP contribution in [0.4, 0.5) is 0 Å². The summed E-state index contributed by atoms with van der Waals surface area (Å²) in [6, 6.07) is 11.3. The summed E-state index contributed by atoms with van der Waals surface area (Å²) in [7, 11) is 0. The first-order valence-corrected chi connectivity index (χ1v) is 8.96. The lowest BCUT2D eigenvalue weighted by Crippen LogP contribution is -2.46. The summed E-state index contributed by atoms with van der Waals surface area (Å²) < 4.78 is 0. The average molecular weight is 302 g/mol. The third-order valence-corrected chi connectivity index (χ3v) is 5.34. The van der Waals surface area contributed by atoms with Gasteiger partial charge in [0.05, 0.1) is 5.60 Å². The molecule has 22 heavy (non-hydrogen) atoms. The van der Waals surface area contributed by atoms with Gasteiger partial charge in [-0.1, -0.05) is 49.6 Å². The highest BCUT2D eigenvalue weighted by Crippen LogP contribution is 2.27. The van der Waals surface area contributed by atoms with Gasteiger partial charge in [-0.25, -0.2) is 0 Å². The Labute approximate surface area is 134 Å². The van der Waals surface area contributed by atoms with E-state index in [2.05, 4.69) is 40.5 Å². The molecule has 2 fully saturated rings. The number of likely N-dealkylation sites (tertiary alicyclic amines) is 1. The van der Waals surface area contributed by atoms with Crippen LogP contribution in [0, 0.1) is 0 Å². The van der Waals surface area contributed by atoms with Crippen molar-refractivity contribution >= 4 is 0 Å². The Bertz CT molecular complexity index is 442. The number of nitrogens with one attached hydrogen (secondary N) is 1. The molecule has 1 aliphatic carbocycles. The van der Waals surface area contributed by atoms with Crippen LogP contribution in [0.5, 0.6) is 0 Å². The SMILES string of the molecule is OC1(CNC2CCN(CCc3ccccc3)C2)CCCCC1. The van der Waals surface area contributed by atoms with Crippen LogP contribution in [0.1, 0.15) is 44.1 Å². The smallest absolute Gasteiger partial charge is 0.0771 e. The standard InChI is InChI=1S/C19H30N2O/c22-19(11-5-2-6-12-19)16-20-18-10-14-21(15-18)13-9-17-7-3-1-4-8-17/h1,3-4,7-8,18,20,22H,2,5-6,9-16H2. The van der Waals surface area contributed by atoms with Gasteiger partial charge in [-0.2, -0.15) is 0 Å². The van der Waals surface area contributed by atoms with E-state index in [1.165, 1.54) is 37.8 Å². The van der Waals surface area contributed by atoms with Crippen molar-refractivity contribution in [3.8, 4) is 0 Å². The molecule has 1 aliphatic heterocycles. The number of hydrogen-bond donors (Lipinski definition) is 2. The van der Waals surface area contributed by atoms with E-state index >= 15 is 0 Å². The molecule has 3 heteroatoms. The van der Waals surface area contributed by atoms with Crippen molar-refractivity contribution in [1.29, 1.82) is 0 Å². The summed E-state index contributed by atoms with van der Waals surface area (Å²) in [6.07, 6.45) is 7.97. The zero-order valence-corrected chi connectivity index (χ0v) is 13.6. The molecule has 1 aromatic carbocycles. The van der Waals surface area contributed by atoms with Crippen LogP contribution < -0.4 is 5.32 Å². The molecular weight excluding hydrogens is 272 g/mol. The second kappa shape index (κ2) is 7.58. The minimum Gasteiger partial charge on any atom is -0.389 e. The van der Waals surface area contributed by atoms with Gasteiger partial charge in [-0.05, 0) is 37.8 Å². The lowest BCUT2D eigenvalue weighted by atomic mass is 9.85. The summed E-state index contributed by atoms with van der Waals surface area (Å²) in [6.45, 7) is 4.24. The molecule has 1 saturated carbocycles. The summed E-state index contributed by atoms with van der Waals surface area (Å²) in [4.78, 5) is 2.55. The third kappa shape index (κ3) is 4.55. The van der Waals surface area contributed by atoms with E-state index in [-0.39, 0.29) is 0 Å². The Hall–Kier alpha value is -0.900. The van der Waals surface area contributed by atoms with Gasteiger partial charge in [0.25, 0.3) is 0 Å². The molecule has 0 amide bonds. The van der Waals surface area contributed by atoms with Gasteiger partial charge >= 0.3 is 0 Å².